The molecule has 1 saturated heterocycles. The summed E-state index contributed by atoms with van der Waals surface area (Å²) in [7, 11) is 0. The van der Waals surface area contributed by atoms with Crippen LogP contribution in [0.3, 0.4) is 0 Å². The molecule has 0 aromatic carbocycles. The fourth-order valence-electron chi connectivity index (χ4n) is 6.59. The van der Waals surface area contributed by atoms with Crippen LogP contribution in [-0.4, -0.2) is 89.6 Å². The van der Waals surface area contributed by atoms with E-state index in [-0.39, 0.29) is 19.2 Å². The summed E-state index contributed by atoms with van der Waals surface area (Å²) in [6.45, 7) is 4.39. The van der Waals surface area contributed by atoms with Crippen LogP contribution in [0.25, 0.3) is 0 Å². The Labute approximate surface area is 347 Å². The number of allylic oxidation sites excluding steroid dienone is 10. The third-order valence-electron chi connectivity index (χ3n) is 10.2. The Hall–Kier alpha value is -2.11. The minimum Gasteiger partial charge on any atom is -0.457 e. The number of aliphatic hydroxyl groups is 4. The molecule has 1 aliphatic rings. The molecule has 0 aromatic rings. The highest BCUT2D eigenvalue weighted by Gasteiger charge is 2.44. The highest BCUT2D eigenvalue weighted by molar-refractivity contribution is 5.69. The quantitative estimate of drug-likeness (QED) is 0.0273. The number of unbranched alkanes of at least 4 members (excludes halogenated alkanes) is 17. The van der Waals surface area contributed by atoms with E-state index in [1.807, 2.05) is 0 Å². The average Bonchev–Trinajstić information content (AvgIpc) is 3.21. The predicted molar refractivity (Wildman–Crippen MR) is 233 cm³/mol. The van der Waals surface area contributed by atoms with Gasteiger partial charge in [0.25, 0.3) is 0 Å². The molecule has 0 saturated carbocycles. The van der Waals surface area contributed by atoms with Gasteiger partial charge < -0.3 is 39.4 Å². The van der Waals surface area contributed by atoms with Gasteiger partial charge in [-0.1, -0.05) is 152 Å². The molecule has 1 fully saturated rings. The van der Waals surface area contributed by atoms with Gasteiger partial charge in [-0.3, -0.25) is 4.79 Å². The zero-order valence-electron chi connectivity index (χ0n) is 36.1. The number of hydrogen-bond donors (Lipinski definition) is 4. The zero-order chi connectivity index (χ0) is 41.4. The van der Waals surface area contributed by atoms with Crippen LogP contribution in [0.4, 0.5) is 0 Å². The summed E-state index contributed by atoms with van der Waals surface area (Å²) >= 11 is 0. The second-order valence-corrected chi connectivity index (χ2v) is 15.5. The van der Waals surface area contributed by atoms with Crippen LogP contribution in [0.15, 0.2) is 60.8 Å². The molecular formula is C48H84O9. The Morgan fingerprint density at radius 1 is 0.579 bits per heavy atom. The lowest BCUT2D eigenvalue weighted by Crippen LogP contribution is -2.59. The summed E-state index contributed by atoms with van der Waals surface area (Å²) in [6, 6.07) is 0. The Bertz CT molecular complexity index is 1050. The smallest absolute Gasteiger partial charge is 0.306 e. The molecule has 1 heterocycles. The fraction of sp³-hybridized carbons (Fsp3) is 0.771. The van der Waals surface area contributed by atoms with E-state index in [0.29, 0.717) is 13.0 Å². The molecule has 57 heavy (non-hydrogen) atoms. The van der Waals surface area contributed by atoms with Crippen molar-refractivity contribution in [3.05, 3.63) is 60.8 Å². The second-order valence-electron chi connectivity index (χ2n) is 15.5. The van der Waals surface area contributed by atoms with Gasteiger partial charge in [-0.15, -0.1) is 0 Å². The fourth-order valence-corrected chi connectivity index (χ4v) is 6.59. The first-order chi connectivity index (χ1) is 27.9. The van der Waals surface area contributed by atoms with Crippen molar-refractivity contribution in [1.82, 2.24) is 0 Å². The van der Waals surface area contributed by atoms with Gasteiger partial charge in [0.15, 0.2) is 6.29 Å². The molecule has 6 atom stereocenters. The predicted octanol–water partition coefficient (Wildman–Crippen LogP) is 10.3. The normalized spacial score (nSPS) is 21.0. The Kier molecular flexibility index (Phi) is 36.5. The van der Waals surface area contributed by atoms with Crippen molar-refractivity contribution in [3.8, 4) is 0 Å². The van der Waals surface area contributed by atoms with E-state index < -0.39 is 43.4 Å². The molecule has 0 spiro atoms. The number of rotatable bonds is 38. The Morgan fingerprint density at radius 3 is 1.63 bits per heavy atom. The van der Waals surface area contributed by atoms with Crippen LogP contribution in [0, 0.1) is 0 Å². The number of aliphatic hydroxyl groups excluding tert-OH is 4. The van der Waals surface area contributed by atoms with Crippen LogP contribution in [0.1, 0.15) is 174 Å². The van der Waals surface area contributed by atoms with Gasteiger partial charge in [0.1, 0.15) is 30.5 Å². The van der Waals surface area contributed by atoms with E-state index in [1.165, 1.54) is 70.6 Å². The number of carbonyl (C=O) groups is 1. The maximum absolute atomic E-state index is 12.7. The highest BCUT2D eigenvalue weighted by atomic mass is 16.7. The lowest BCUT2D eigenvalue weighted by molar-refractivity contribution is -0.305. The van der Waals surface area contributed by atoms with Crippen LogP contribution in [0.2, 0.25) is 0 Å². The van der Waals surface area contributed by atoms with Crippen molar-refractivity contribution in [2.45, 2.75) is 211 Å². The molecule has 9 nitrogen and oxygen atoms in total. The van der Waals surface area contributed by atoms with E-state index in [1.54, 1.807) is 0 Å². The van der Waals surface area contributed by atoms with Gasteiger partial charge in [0.05, 0.1) is 19.8 Å². The van der Waals surface area contributed by atoms with E-state index >= 15 is 0 Å². The molecule has 6 unspecified atom stereocenters. The molecule has 330 valence electrons. The Morgan fingerprint density at radius 2 is 1.07 bits per heavy atom. The second kappa shape index (κ2) is 39.4. The summed E-state index contributed by atoms with van der Waals surface area (Å²) in [6.07, 6.45) is 42.5. The number of ether oxygens (including phenoxy) is 4. The molecule has 0 amide bonds. The topological polar surface area (TPSA) is 135 Å². The van der Waals surface area contributed by atoms with Crippen LogP contribution >= 0.6 is 0 Å². The van der Waals surface area contributed by atoms with Gasteiger partial charge in [-0.05, 0) is 77.0 Å². The van der Waals surface area contributed by atoms with Crippen LogP contribution in [-0.2, 0) is 23.7 Å². The summed E-state index contributed by atoms with van der Waals surface area (Å²) in [5.74, 6) is -0.328. The zero-order valence-corrected chi connectivity index (χ0v) is 36.1. The lowest BCUT2D eigenvalue weighted by atomic mass is 9.99. The van der Waals surface area contributed by atoms with Crippen molar-refractivity contribution in [2.75, 3.05) is 26.4 Å². The van der Waals surface area contributed by atoms with Gasteiger partial charge in [0.2, 0.25) is 0 Å². The van der Waals surface area contributed by atoms with Crippen molar-refractivity contribution in [1.29, 1.82) is 0 Å². The molecule has 1 aliphatic heterocycles. The number of hydrogen-bond acceptors (Lipinski definition) is 9. The van der Waals surface area contributed by atoms with Crippen molar-refractivity contribution < 1.29 is 44.2 Å². The molecule has 4 N–H and O–H groups in total. The summed E-state index contributed by atoms with van der Waals surface area (Å²) in [4.78, 5) is 12.7. The summed E-state index contributed by atoms with van der Waals surface area (Å²) in [5.41, 5.74) is 0. The molecule has 9 heteroatoms. The van der Waals surface area contributed by atoms with E-state index in [2.05, 4.69) is 74.6 Å². The van der Waals surface area contributed by atoms with E-state index in [9.17, 15) is 25.2 Å². The highest BCUT2D eigenvalue weighted by Crippen LogP contribution is 2.22. The standard InChI is InChI=1S/C48H84O9/c1-3-5-7-9-11-13-15-17-18-19-20-21-22-23-24-25-26-28-30-32-34-36-38-54-40-42(41-55-48-47(53)46(52)45(51)43(39-49)57-48)56-44(50)37-35-33-31-29-27-16-14-12-10-8-6-4-2/h5,7,11-14,17-18,20-21,42-43,45-49,51-53H,3-4,6,8-10,15-16,19,22-41H2,1-2H3/b7-5-,13-11-,14-12-,18-17-,21-20-. The lowest BCUT2D eigenvalue weighted by Gasteiger charge is -2.39. The van der Waals surface area contributed by atoms with Crippen molar-refractivity contribution in [3.63, 3.8) is 0 Å². The molecule has 0 aliphatic carbocycles. The molecular weight excluding hydrogens is 721 g/mol. The average molecular weight is 805 g/mol. The van der Waals surface area contributed by atoms with E-state index in [0.717, 1.165) is 83.5 Å². The minimum atomic E-state index is -1.54. The largest absolute Gasteiger partial charge is 0.457 e. The maximum Gasteiger partial charge on any atom is 0.306 e. The molecule has 0 aromatic heterocycles. The first-order valence-electron chi connectivity index (χ1n) is 22.9. The van der Waals surface area contributed by atoms with Crippen molar-refractivity contribution >= 4 is 5.97 Å². The summed E-state index contributed by atoms with van der Waals surface area (Å²) < 4.78 is 22.8. The SMILES string of the molecule is CC/C=C\C/C=C\C/C=C\C/C=C\CCCCCCCCCCCOCC(COC1OC(CO)C(O)C(O)C1O)OC(=O)CCCCCCC/C=C\CCCCC. The third-order valence-corrected chi connectivity index (χ3v) is 10.2. The van der Waals surface area contributed by atoms with Crippen LogP contribution in [0.5, 0.6) is 0 Å². The van der Waals surface area contributed by atoms with Gasteiger partial charge >= 0.3 is 5.97 Å². The molecule has 0 bridgehead atoms. The maximum atomic E-state index is 12.7. The number of esters is 1. The first kappa shape index (κ1) is 52.9. The third kappa shape index (κ3) is 30.6. The minimum absolute atomic E-state index is 0.121. The first-order valence-corrected chi connectivity index (χ1v) is 22.9. The molecule has 0 radical (unpaired) electrons. The van der Waals surface area contributed by atoms with Gasteiger partial charge in [0, 0.05) is 13.0 Å². The van der Waals surface area contributed by atoms with Gasteiger partial charge in [-0.25, -0.2) is 0 Å². The van der Waals surface area contributed by atoms with E-state index in [4.69, 9.17) is 18.9 Å². The molecule has 1 rings (SSSR count). The summed E-state index contributed by atoms with van der Waals surface area (Å²) in [5, 5.41) is 40.1. The van der Waals surface area contributed by atoms with Crippen LogP contribution < -0.4 is 0 Å². The van der Waals surface area contributed by atoms with Crippen molar-refractivity contribution in [2.24, 2.45) is 0 Å². The Balaban J connectivity index is 2.23. The number of carbonyl (C=O) groups excluding carboxylic acids is 1. The van der Waals surface area contributed by atoms with Gasteiger partial charge in [-0.2, -0.15) is 0 Å². The monoisotopic (exact) mass is 805 g/mol.